The molecule has 0 spiro atoms. The summed E-state index contributed by atoms with van der Waals surface area (Å²) < 4.78 is 50.4. The fourth-order valence-corrected chi connectivity index (χ4v) is 2.95. The van der Waals surface area contributed by atoms with E-state index in [-0.39, 0.29) is 41.2 Å². The minimum Gasteiger partial charge on any atom is -0.489 e. The van der Waals surface area contributed by atoms with Gasteiger partial charge in [-0.15, -0.1) is 13.2 Å². The molecule has 0 amide bonds. The molecule has 144 valence electrons. The van der Waals surface area contributed by atoms with E-state index in [1.165, 1.54) is 12.1 Å². The number of fused-ring (bicyclic) bond motifs is 1. The molecule has 1 aromatic heterocycles. The van der Waals surface area contributed by atoms with E-state index in [4.69, 9.17) is 17.3 Å². The molecule has 2 aromatic carbocycles. The van der Waals surface area contributed by atoms with Crippen LogP contribution in [-0.2, 0) is 28.9 Å². The molecule has 3 rings (SSSR count). The number of carbonyl (C=O) groups is 1. The summed E-state index contributed by atoms with van der Waals surface area (Å²) in [6.45, 7) is 2.00. The Hall–Kier alpha value is -2.90. The van der Waals surface area contributed by atoms with Crippen molar-refractivity contribution in [1.29, 1.82) is 0 Å². The van der Waals surface area contributed by atoms with Gasteiger partial charge >= 0.3 is 12.3 Å². The quantitative estimate of drug-likeness (QED) is 0.480. The maximum absolute atomic E-state index is 13.1. The molecule has 0 N–H and O–H groups in total. The first-order valence-electron chi connectivity index (χ1n) is 8.62. The topological polar surface area (TPSA) is 40.5 Å². The maximum Gasteiger partial charge on any atom is 0.488 e. The van der Waals surface area contributed by atoms with Crippen molar-refractivity contribution in [3.63, 3.8) is 0 Å². The molecule has 8 heteroatoms. The molecule has 0 unspecified atom stereocenters. The van der Waals surface area contributed by atoms with Crippen LogP contribution < -0.4 is 10.2 Å². The number of halogens is 3. The lowest BCUT2D eigenvalue weighted by Gasteiger charge is -2.14. The molecule has 0 saturated heterocycles. The minimum absolute atomic E-state index is 0.00299. The van der Waals surface area contributed by atoms with Gasteiger partial charge in [-0.2, -0.15) is 0 Å². The molecular formula is C20H17BF3NO3. The Morgan fingerprint density at radius 1 is 1.18 bits per heavy atom. The molecule has 0 fully saturated rings. The highest BCUT2D eigenvalue weighted by Gasteiger charge is 2.31. The number of esters is 1. The van der Waals surface area contributed by atoms with Gasteiger partial charge in [0.25, 0.3) is 0 Å². The van der Waals surface area contributed by atoms with Gasteiger partial charge < -0.3 is 9.47 Å². The van der Waals surface area contributed by atoms with E-state index < -0.39 is 6.30 Å². The summed E-state index contributed by atoms with van der Waals surface area (Å²) in [7, 11) is 5.91. The lowest BCUT2D eigenvalue weighted by Crippen LogP contribution is -2.16. The van der Waals surface area contributed by atoms with Crippen molar-refractivity contribution in [3.05, 3.63) is 59.8 Å². The van der Waals surface area contributed by atoms with Crippen LogP contribution in [-0.4, -0.2) is 25.0 Å². The van der Waals surface area contributed by atoms with E-state index in [1.54, 1.807) is 37.3 Å². The van der Waals surface area contributed by atoms with E-state index in [2.05, 4.69) is 0 Å². The van der Waals surface area contributed by atoms with Crippen molar-refractivity contribution in [2.24, 2.45) is 0 Å². The monoisotopic (exact) mass is 387 g/mol. The second kappa shape index (κ2) is 8.00. The molecule has 0 aliphatic rings. The molecule has 0 atom stereocenters. The number of aromatic nitrogens is 1. The van der Waals surface area contributed by atoms with Crippen molar-refractivity contribution in [2.75, 3.05) is 6.61 Å². The summed E-state index contributed by atoms with van der Waals surface area (Å²) in [5.41, 5.74) is 1.32. The lowest BCUT2D eigenvalue weighted by atomic mass is 9.90. The summed E-state index contributed by atoms with van der Waals surface area (Å²) in [6, 6.07) is 11.2. The third kappa shape index (κ3) is 4.32. The molecule has 0 saturated carbocycles. The van der Waals surface area contributed by atoms with Crippen molar-refractivity contribution in [3.8, 4) is 5.75 Å². The number of rotatable bonds is 6. The Kier molecular flexibility index (Phi) is 5.67. The fourth-order valence-electron chi connectivity index (χ4n) is 2.95. The van der Waals surface area contributed by atoms with Crippen molar-refractivity contribution >= 4 is 30.2 Å². The third-order valence-corrected chi connectivity index (χ3v) is 4.18. The molecule has 0 aliphatic carbocycles. The average Bonchev–Trinajstić information content (AvgIpc) is 3.06. The van der Waals surface area contributed by atoms with Gasteiger partial charge in [0.15, 0.2) is 0 Å². The van der Waals surface area contributed by atoms with Crippen LogP contribution in [0.1, 0.15) is 18.1 Å². The van der Waals surface area contributed by atoms with Gasteiger partial charge in [0.2, 0.25) is 0 Å². The zero-order valence-electron chi connectivity index (χ0n) is 15.1. The Labute approximate surface area is 161 Å². The zero-order valence-corrected chi connectivity index (χ0v) is 15.1. The van der Waals surface area contributed by atoms with Crippen LogP contribution >= 0.6 is 0 Å². The van der Waals surface area contributed by atoms with E-state index in [0.29, 0.717) is 22.3 Å². The summed E-state index contributed by atoms with van der Waals surface area (Å²) >= 11 is 0. The number of carbonyl (C=O) groups excluding carboxylic acids is 1. The summed E-state index contributed by atoms with van der Waals surface area (Å²) in [4.78, 5) is 11.7. The van der Waals surface area contributed by atoms with Crippen molar-refractivity contribution in [1.82, 2.24) is 4.57 Å². The minimum atomic E-state index is -4.54. The molecule has 1 heterocycles. The van der Waals surface area contributed by atoms with Crippen LogP contribution in [0.25, 0.3) is 10.9 Å². The Balaban J connectivity index is 1.84. The van der Waals surface area contributed by atoms with Crippen LogP contribution in [0.5, 0.6) is 5.75 Å². The fraction of sp³-hybridized carbons (Fsp3) is 0.250. The van der Waals surface area contributed by atoms with Crippen LogP contribution in [0.15, 0.2) is 48.7 Å². The first-order valence-corrected chi connectivity index (χ1v) is 8.62. The predicted molar refractivity (Wildman–Crippen MR) is 99.7 cm³/mol. The van der Waals surface area contributed by atoms with Crippen LogP contribution in [0.4, 0.5) is 13.2 Å². The van der Waals surface area contributed by atoms with Gasteiger partial charge in [-0.25, -0.2) is 0 Å². The largest absolute Gasteiger partial charge is 0.489 e. The summed E-state index contributed by atoms with van der Waals surface area (Å²) in [5.74, 6) is 0.0765. The SMILES string of the molecule is [B]c1cc(COc2ccccc2CC(=O)OCC)cc2c1ccn2C(F)(F)F. The van der Waals surface area contributed by atoms with E-state index in [9.17, 15) is 18.0 Å². The first-order chi connectivity index (χ1) is 13.3. The van der Waals surface area contributed by atoms with Crippen LogP contribution in [0, 0.1) is 0 Å². The van der Waals surface area contributed by atoms with Gasteiger partial charge in [0.05, 0.1) is 18.5 Å². The summed E-state index contributed by atoms with van der Waals surface area (Å²) in [6.07, 6.45) is -3.55. The maximum atomic E-state index is 13.1. The van der Waals surface area contributed by atoms with Crippen molar-refractivity contribution in [2.45, 2.75) is 26.3 Å². The number of hydrogen-bond donors (Lipinski definition) is 0. The number of ether oxygens (including phenoxy) is 2. The highest BCUT2D eigenvalue weighted by Crippen LogP contribution is 2.29. The van der Waals surface area contributed by atoms with Crippen LogP contribution in [0.2, 0.25) is 0 Å². The van der Waals surface area contributed by atoms with E-state index in [0.717, 1.165) is 6.20 Å². The van der Waals surface area contributed by atoms with Gasteiger partial charge in [0.1, 0.15) is 20.2 Å². The number of benzene rings is 2. The molecule has 2 radical (unpaired) electrons. The molecule has 3 aromatic rings. The standard InChI is InChI=1S/C20H17BF3NO3/c1-2-27-19(26)11-14-5-3-4-6-18(14)28-12-13-9-16(21)15-7-8-25(17(15)10-13)20(22,23)24/h3-10H,2,11-12H2,1H3. The number of hydrogen-bond acceptors (Lipinski definition) is 3. The van der Waals surface area contributed by atoms with E-state index in [1.807, 2.05) is 0 Å². The Bertz CT molecular complexity index is 998. The third-order valence-electron chi connectivity index (χ3n) is 4.18. The average molecular weight is 387 g/mol. The van der Waals surface area contributed by atoms with Gasteiger partial charge in [-0.05, 0) is 36.1 Å². The Morgan fingerprint density at radius 2 is 1.93 bits per heavy atom. The molecule has 28 heavy (non-hydrogen) atoms. The first kappa shape index (κ1) is 19.9. The smallest absolute Gasteiger partial charge is 0.488 e. The van der Waals surface area contributed by atoms with E-state index >= 15 is 0 Å². The zero-order chi connectivity index (χ0) is 20.3. The van der Waals surface area contributed by atoms with Crippen molar-refractivity contribution < 1.29 is 27.4 Å². The predicted octanol–water partition coefficient (Wildman–Crippen LogP) is 3.60. The highest BCUT2D eigenvalue weighted by molar-refractivity contribution is 6.38. The second-order valence-corrected chi connectivity index (χ2v) is 6.15. The molecular weight excluding hydrogens is 370 g/mol. The summed E-state index contributed by atoms with van der Waals surface area (Å²) in [5, 5.41) is 0.323. The van der Waals surface area contributed by atoms with Gasteiger partial charge in [-0.1, -0.05) is 29.7 Å². The Morgan fingerprint density at radius 3 is 2.64 bits per heavy atom. The molecule has 4 nitrogen and oxygen atoms in total. The van der Waals surface area contributed by atoms with Crippen LogP contribution in [0.3, 0.4) is 0 Å². The molecule has 0 bridgehead atoms. The number of para-hydroxylation sites is 1. The van der Waals surface area contributed by atoms with Gasteiger partial charge in [-0.3, -0.25) is 9.36 Å². The number of nitrogens with zero attached hydrogens (tertiary/aromatic N) is 1. The lowest BCUT2D eigenvalue weighted by molar-refractivity contribution is -0.200. The van der Waals surface area contributed by atoms with Gasteiger partial charge in [0, 0.05) is 11.8 Å². The number of alkyl halides is 3. The normalized spacial score (nSPS) is 11.6. The highest BCUT2D eigenvalue weighted by atomic mass is 19.4. The molecule has 0 aliphatic heterocycles. The second-order valence-electron chi connectivity index (χ2n) is 6.15.